The first kappa shape index (κ1) is 24.6. The number of hydrogen-bond donors (Lipinski definition) is 1. The zero-order chi connectivity index (χ0) is 24.5. The van der Waals surface area contributed by atoms with Gasteiger partial charge in [-0.2, -0.15) is 0 Å². The molecule has 1 heterocycles. The lowest BCUT2D eigenvalue weighted by Gasteiger charge is -2.19. The fourth-order valence-electron chi connectivity index (χ4n) is 3.44. The summed E-state index contributed by atoms with van der Waals surface area (Å²) in [6, 6.07) is 12.9. The van der Waals surface area contributed by atoms with Crippen molar-refractivity contribution in [1.82, 2.24) is 14.7 Å². The first-order valence-electron chi connectivity index (χ1n) is 10.4. The summed E-state index contributed by atoms with van der Waals surface area (Å²) in [5.74, 6) is -0.401. The minimum Gasteiger partial charge on any atom is -0.350 e. The van der Waals surface area contributed by atoms with Gasteiger partial charge in [-0.05, 0) is 50.6 Å². The number of rotatable bonds is 7. The zero-order valence-electron chi connectivity index (χ0n) is 19.2. The number of halogens is 1. The van der Waals surface area contributed by atoms with Crippen LogP contribution in [0.2, 0.25) is 5.02 Å². The molecule has 1 unspecified atom stereocenters. The topological polar surface area (TPSA) is 93.4 Å². The SMILES string of the molecule is CCC(C)NC(=O)c1ccc(Cl)c(S(=O)(=O)N(C)c2c(C)n(C)n(-c3ccccc3)c2=O)c1. The van der Waals surface area contributed by atoms with Gasteiger partial charge in [-0.15, -0.1) is 0 Å². The van der Waals surface area contributed by atoms with E-state index in [0.717, 1.165) is 10.7 Å². The molecule has 0 bridgehead atoms. The molecule has 0 spiro atoms. The molecule has 8 nitrogen and oxygen atoms in total. The second kappa shape index (κ2) is 9.44. The second-order valence-electron chi connectivity index (χ2n) is 7.81. The molecule has 1 amide bonds. The molecular formula is C23H27ClN4O4S. The quantitative estimate of drug-likeness (QED) is 0.548. The van der Waals surface area contributed by atoms with Crippen LogP contribution in [0.1, 0.15) is 36.3 Å². The molecular weight excluding hydrogens is 464 g/mol. The van der Waals surface area contributed by atoms with Gasteiger partial charge in [-0.3, -0.25) is 18.6 Å². The molecule has 0 aliphatic heterocycles. The van der Waals surface area contributed by atoms with Gasteiger partial charge in [-0.25, -0.2) is 13.1 Å². The van der Waals surface area contributed by atoms with Crippen LogP contribution in [0.5, 0.6) is 0 Å². The number of anilines is 1. The molecule has 33 heavy (non-hydrogen) atoms. The first-order valence-corrected chi connectivity index (χ1v) is 12.3. The number of sulfonamides is 1. The maximum atomic E-state index is 13.5. The Morgan fingerprint density at radius 2 is 1.82 bits per heavy atom. The fraction of sp³-hybridized carbons (Fsp3) is 0.304. The van der Waals surface area contributed by atoms with Crippen LogP contribution in [0.4, 0.5) is 5.69 Å². The third kappa shape index (κ3) is 4.56. The molecule has 0 aliphatic carbocycles. The molecule has 0 fully saturated rings. The van der Waals surface area contributed by atoms with Crippen LogP contribution in [0.3, 0.4) is 0 Å². The van der Waals surface area contributed by atoms with Gasteiger partial charge in [0.2, 0.25) is 0 Å². The molecule has 1 aromatic heterocycles. The fourth-order valence-corrected chi connectivity index (χ4v) is 5.18. The summed E-state index contributed by atoms with van der Waals surface area (Å²) in [5.41, 5.74) is 0.725. The highest BCUT2D eigenvalue weighted by atomic mass is 35.5. The Kier molecular flexibility index (Phi) is 7.04. The number of hydrogen-bond acceptors (Lipinski definition) is 4. The highest BCUT2D eigenvalue weighted by Gasteiger charge is 2.31. The van der Waals surface area contributed by atoms with Crippen LogP contribution < -0.4 is 15.2 Å². The van der Waals surface area contributed by atoms with E-state index in [1.807, 2.05) is 19.9 Å². The number of aromatic nitrogens is 2. The maximum Gasteiger partial charge on any atom is 0.296 e. The van der Waals surface area contributed by atoms with Crippen molar-refractivity contribution in [2.45, 2.75) is 38.1 Å². The lowest BCUT2D eigenvalue weighted by atomic mass is 10.2. The van der Waals surface area contributed by atoms with Crippen molar-refractivity contribution in [2.24, 2.45) is 7.05 Å². The number of benzene rings is 2. The summed E-state index contributed by atoms with van der Waals surface area (Å²) in [6.07, 6.45) is 0.730. The Balaban J connectivity index is 2.09. The summed E-state index contributed by atoms with van der Waals surface area (Å²) in [5, 5.41) is 2.76. The number of amides is 1. The highest BCUT2D eigenvalue weighted by molar-refractivity contribution is 7.93. The molecule has 1 atom stereocenters. The maximum absolute atomic E-state index is 13.5. The summed E-state index contributed by atoms with van der Waals surface area (Å²) in [4.78, 5) is 25.6. The van der Waals surface area contributed by atoms with Crippen LogP contribution in [-0.2, 0) is 17.1 Å². The second-order valence-corrected chi connectivity index (χ2v) is 10.2. The summed E-state index contributed by atoms with van der Waals surface area (Å²) in [7, 11) is -1.27. The van der Waals surface area contributed by atoms with Gasteiger partial charge in [0.1, 0.15) is 10.6 Å². The Hall–Kier alpha value is -3.04. The number of carbonyl (C=O) groups is 1. The summed E-state index contributed by atoms with van der Waals surface area (Å²) >= 11 is 6.24. The number of nitrogens with zero attached hydrogens (tertiary/aromatic N) is 3. The van der Waals surface area contributed by atoms with E-state index in [0.29, 0.717) is 11.4 Å². The number of para-hydroxylation sites is 1. The van der Waals surface area contributed by atoms with Crippen molar-refractivity contribution in [3.8, 4) is 5.69 Å². The Bertz CT molecular complexity index is 1350. The van der Waals surface area contributed by atoms with Crippen molar-refractivity contribution in [2.75, 3.05) is 11.4 Å². The van der Waals surface area contributed by atoms with Gasteiger partial charge < -0.3 is 5.32 Å². The standard InChI is InChI=1S/C23H27ClN4O4S/c1-6-15(2)25-22(29)17-12-13-19(24)20(14-17)33(31,32)27(5)21-16(3)26(4)28(23(21)30)18-10-8-7-9-11-18/h7-15H,6H2,1-5H3,(H,25,29). The molecule has 176 valence electrons. The van der Waals surface area contributed by atoms with Gasteiger partial charge in [0.15, 0.2) is 0 Å². The van der Waals surface area contributed by atoms with E-state index in [1.54, 1.807) is 42.9 Å². The zero-order valence-corrected chi connectivity index (χ0v) is 20.7. The van der Waals surface area contributed by atoms with Crippen molar-refractivity contribution >= 4 is 33.2 Å². The first-order chi connectivity index (χ1) is 15.5. The van der Waals surface area contributed by atoms with Crippen LogP contribution in [0.15, 0.2) is 58.2 Å². The van der Waals surface area contributed by atoms with E-state index in [1.165, 1.54) is 29.9 Å². The van der Waals surface area contributed by atoms with E-state index in [-0.39, 0.29) is 27.2 Å². The van der Waals surface area contributed by atoms with E-state index in [2.05, 4.69) is 5.32 Å². The van der Waals surface area contributed by atoms with Crippen LogP contribution in [-0.4, -0.2) is 36.8 Å². The van der Waals surface area contributed by atoms with E-state index in [4.69, 9.17) is 11.6 Å². The molecule has 2 aromatic carbocycles. The predicted molar refractivity (Wildman–Crippen MR) is 130 cm³/mol. The highest BCUT2D eigenvalue weighted by Crippen LogP contribution is 2.29. The number of carbonyl (C=O) groups excluding carboxylic acids is 1. The van der Waals surface area contributed by atoms with Crippen molar-refractivity contribution in [3.05, 3.63) is 75.2 Å². The van der Waals surface area contributed by atoms with Gasteiger partial charge in [0.05, 0.1) is 16.4 Å². The third-order valence-electron chi connectivity index (χ3n) is 5.66. The molecule has 3 rings (SSSR count). The molecule has 0 radical (unpaired) electrons. The minimum atomic E-state index is -4.25. The molecule has 0 saturated carbocycles. The van der Waals surface area contributed by atoms with Crippen molar-refractivity contribution in [1.29, 1.82) is 0 Å². The average Bonchev–Trinajstić information content (AvgIpc) is 3.01. The molecule has 10 heteroatoms. The van der Waals surface area contributed by atoms with Crippen LogP contribution in [0, 0.1) is 6.92 Å². The Labute approximate surface area is 198 Å². The summed E-state index contributed by atoms with van der Waals surface area (Å²) < 4.78 is 31.0. The van der Waals surface area contributed by atoms with Crippen LogP contribution >= 0.6 is 11.6 Å². The van der Waals surface area contributed by atoms with Gasteiger partial charge in [0.25, 0.3) is 21.5 Å². The molecule has 1 N–H and O–H groups in total. The average molecular weight is 491 g/mol. The van der Waals surface area contributed by atoms with Crippen molar-refractivity contribution in [3.63, 3.8) is 0 Å². The molecule has 0 saturated heterocycles. The van der Waals surface area contributed by atoms with E-state index >= 15 is 0 Å². The Morgan fingerprint density at radius 1 is 1.18 bits per heavy atom. The molecule has 3 aromatic rings. The monoisotopic (exact) mass is 490 g/mol. The molecule has 0 aliphatic rings. The van der Waals surface area contributed by atoms with Gasteiger partial charge in [0, 0.05) is 25.7 Å². The smallest absolute Gasteiger partial charge is 0.296 e. The normalized spacial score (nSPS) is 12.4. The van der Waals surface area contributed by atoms with Crippen LogP contribution in [0.25, 0.3) is 5.69 Å². The lowest BCUT2D eigenvalue weighted by Crippen LogP contribution is -2.33. The van der Waals surface area contributed by atoms with Crippen molar-refractivity contribution < 1.29 is 13.2 Å². The summed E-state index contributed by atoms with van der Waals surface area (Å²) in [6.45, 7) is 5.46. The van der Waals surface area contributed by atoms with Gasteiger partial charge in [-0.1, -0.05) is 36.7 Å². The lowest BCUT2D eigenvalue weighted by molar-refractivity contribution is 0.0939. The van der Waals surface area contributed by atoms with E-state index in [9.17, 15) is 18.0 Å². The number of nitrogens with one attached hydrogen (secondary N) is 1. The third-order valence-corrected chi connectivity index (χ3v) is 7.90. The largest absolute Gasteiger partial charge is 0.350 e. The minimum absolute atomic E-state index is 0.00752. The van der Waals surface area contributed by atoms with Gasteiger partial charge >= 0.3 is 0 Å². The van der Waals surface area contributed by atoms with E-state index < -0.39 is 21.5 Å². The Morgan fingerprint density at radius 3 is 2.42 bits per heavy atom. The predicted octanol–water partition coefficient (Wildman–Crippen LogP) is 3.49.